The number of carbonyl (C=O) groups is 2. The van der Waals surface area contributed by atoms with Crippen LogP contribution < -0.4 is 5.32 Å². The number of carbonyl (C=O) groups excluding carboxylic acids is 1. The Morgan fingerprint density at radius 2 is 1.97 bits per heavy atom. The molecular weight excluding hydrogens is 448 g/mol. The van der Waals surface area contributed by atoms with Crippen molar-refractivity contribution in [2.24, 2.45) is 0 Å². The van der Waals surface area contributed by atoms with Crippen LogP contribution in [0.2, 0.25) is 5.02 Å². The van der Waals surface area contributed by atoms with Crippen molar-refractivity contribution in [2.75, 3.05) is 5.32 Å². The smallest absolute Gasteiger partial charge is 0.304 e. The largest absolute Gasteiger partial charge is 0.481 e. The van der Waals surface area contributed by atoms with Crippen molar-refractivity contribution in [1.82, 2.24) is 4.98 Å². The molecular formula is C20H15ClN2O5S2. The first-order valence-electron chi connectivity index (χ1n) is 8.84. The molecule has 0 bridgehead atoms. The summed E-state index contributed by atoms with van der Waals surface area (Å²) in [6, 6.07) is 9.63. The molecule has 1 aliphatic rings. The Morgan fingerprint density at radius 3 is 2.63 bits per heavy atom. The Hall–Kier alpha value is -2.75. The fraction of sp³-hybridized carbons (Fsp3) is 0.150. The summed E-state index contributed by atoms with van der Waals surface area (Å²) < 4.78 is 26.2. The maximum absolute atomic E-state index is 13.1. The lowest BCUT2D eigenvalue weighted by molar-refractivity contribution is -0.137. The predicted molar refractivity (Wildman–Crippen MR) is 112 cm³/mol. The van der Waals surface area contributed by atoms with Crippen LogP contribution in [0.3, 0.4) is 0 Å². The number of rotatable bonds is 6. The number of carboxylic acids is 1. The summed E-state index contributed by atoms with van der Waals surface area (Å²) in [6.45, 7) is 0. The number of carboxylic acid groups (broad SMARTS) is 1. The molecule has 0 aliphatic carbocycles. The number of sulfone groups is 1. The van der Waals surface area contributed by atoms with E-state index in [1.54, 1.807) is 23.6 Å². The maximum atomic E-state index is 13.1. The topological polar surface area (TPSA) is 113 Å². The fourth-order valence-corrected chi connectivity index (χ4v) is 5.95. The van der Waals surface area contributed by atoms with Crippen LogP contribution in [-0.4, -0.2) is 36.3 Å². The number of benzene rings is 2. The van der Waals surface area contributed by atoms with Crippen LogP contribution in [0.5, 0.6) is 0 Å². The van der Waals surface area contributed by atoms with Gasteiger partial charge < -0.3 is 10.4 Å². The van der Waals surface area contributed by atoms with E-state index in [0.717, 1.165) is 0 Å². The summed E-state index contributed by atoms with van der Waals surface area (Å²) >= 11 is 7.24. The van der Waals surface area contributed by atoms with Gasteiger partial charge in [0.25, 0.3) is 0 Å². The van der Waals surface area contributed by atoms with Gasteiger partial charge in [-0.05, 0) is 35.9 Å². The number of aliphatic carboxylic acids is 1. The normalized spacial score (nSPS) is 17.9. The highest BCUT2D eigenvalue weighted by molar-refractivity contribution is 7.91. The quantitative estimate of drug-likeness (QED) is 0.534. The summed E-state index contributed by atoms with van der Waals surface area (Å²) in [7, 11) is -3.93. The highest BCUT2D eigenvalue weighted by Crippen LogP contribution is 2.41. The van der Waals surface area contributed by atoms with Crippen LogP contribution in [0.15, 0.2) is 63.8 Å². The summed E-state index contributed by atoms with van der Waals surface area (Å²) in [6.07, 6.45) is 1.16. The van der Waals surface area contributed by atoms with E-state index in [9.17, 15) is 23.1 Å². The van der Waals surface area contributed by atoms with Gasteiger partial charge in [-0.25, -0.2) is 13.4 Å². The Morgan fingerprint density at radius 1 is 1.20 bits per heavy atom. The Balaban J connectivity index is 1.77. The average molecular weight is 463 g/mol. The van der Waals surface area contributed by atoms with Gasteiger partial charge in [0.05, 0.1) is 27.3 Å². The van der Waals surface area contributed by atoms with Crippen molar-refractivity contribution in [2.45, 2.75) is 28.2 Å². The second-order valence-electron chi connectivity index (χ2n) is 6.71. The highest BCUT2D eigenvalue weighted by atomic mass is 35.5. The van der Waals surface area contributed by atoms with Crippen LogP contribution in [-0.2, 0) is 14.6 Å². The monoisotopic (exact) mass is 462 g/mol. The fourth-order valence-electron chi connectivity index (χ4n) is 3.53. The van der Waals surface area contributed by atoms with Crippen molar-refractivity contribution in [3.8, 4) is 0 Å². The molecule has 0 saturated heterocycles. The number of nitrogens with zero attached hydrogens (tertiary/aromatic N) is 1. The van der Waals surface area contributed by atoms with Crippen molar-refractivity contribution in [3.63, 3.8) is 0 Å². The molecule has 0 fully saturated rings. The van der Waals surface area contributed by atoms with Crippen molar-refractivity contribution in [3.05, 3.63) is 69.6 Å². The second kappa shape index (κ2) is 7.82. The van der Waals surface area contributed by atoms with Gasteiger partial charge in [-0.1, -0.05) is 23.7 Å². The number of thiazole rings is 1. The minimum Gasteiger partial charge on any atom is -0.481 e. The summed E-state index contributed by atoms with van der Waals surface area (Å²) in [4.78, 5) is 28.3. The number of anilines is 1. The molecule has 2 aromatic carbocycles. The highest BCUT2D eigenvalue weighted by Gasteiger charge is 2.40. The standard InChI is InChI=1S/C20H15ClN2O5S2/c21-14-3-1-2-4-16(14)30(27,28)11-5-6-15-12(9-11)13(10-17(24)25)18(23-15)19(26)20-22-7-8-29-20/h1-9,13,18,23H,10H2,(H,24,25). The summed E-state index contributed by atoms with van der Waals surface area (Å²) in [5.41, 5.74) is 0.981. The van der Waals surface area contributed by atoms with E-state index < -0.39 is 27.8 Å². The van der Waals surface area contributed by atoms with Gasteiger partial charge in [-0.3, -0.25) is 9.59 Å². The number of nitrogens with one attached hydrogen (secondary N) is 1. The minimum atomic E-state index is -3.93. The summed E-state index contributed by atoms with van der Waals surface area (Å²) in [5, 5.41) is 14.4. The molecule has 2 heterocycles. The van der Waals surface area contributed by atoms with Crippen LogP contribution in [0.4, 0.5) is 5.69 Å². The zero-order chi connectivity index (χ0) is 21.5. The van der Waals surface area contributed by atoms with Gasteiger partial charge in [0.1, 0.15) is 0 Å². The first-order valence-corrected chi connectivity index (χ1v) is 11.6. The van der Waals surface area contributed by atoms with Crippen LogP contribution in [0.1, 0.15) is 27.7 Å². The molecule has 2 atom stereocenters. The zero-order valence-corrected chi connectivity index (χ0v) is 17.7. The number of ketones is 1. The van der Waals surface area contributed by atoms with Gasteiger partial charge >= 0.3 is 5.97 Å². The number of Topliss-reactive ketones (excluding diaryl/α,β-unsaturated/α-hetero) is 1. The molecule has 7 nitrogen and oxygen atoms in total. The van der Waals surface area contributed by atoms with Crippen molar-refractivity contribution in [1.29, 1.82) is 0 Å². The molecule has 4 rings (SSSR count). The lowest BCUT2D eigenvalue weighted by Crippen LogP contribution is -2.31. The minimum absolute atomic E-state index is 0.0195. The SMILES string of the molecule is O=C(O)CC1c2cc(S(=O)(=O)c3ccccc3Cl)ccc2NC1C(=O)c1nccs1. The third-order valence-electron chi connectivity index (χ3n) is 4.89. The van der Waals surface area contributed by atoms with Crippen LogP contribution >= 0.6 is 22.9 Å². The number of fused-ring (bicyclic) bond motifs is 1. The molecule has 1 aliphatic heterocycles. The van der Waals surface area contributed by atoms with E-state index in [4.69, 9.17) is 11.6 Å². The molecule has 1 aromatic heterocycles. The van der Waals surface area contributed by atoms with Gasteiger partial charge in [0, 0.05) is 23.2 Å². The summed E-state index contributed by atoms with van der Waals surface area (Å²) in [5.74, 6) is -2.16. The third kappa shape index (κ3) is 3.60. The van der Waals surface area contributed by atoms with E-state index in [1.165, 1.54) is 41.8 Å². The Bertz CT molecular complexity index is 1240. The first-order chi connectivity index (χ1) is 14.3. The van der Waals surface area contributed by atoms with E-state index in [-0.39, 0.29) is 32.0 Å². The molecule has 0 saturated carbocycles. The number of hydrogen-bond donors (Lipinski definition) is 2. The van der Waals surface area contributed by atoms with Gasteiger partial charge in [0.2, 0.25) is 15.6 Å². The second-order valence-corrected chi connectivity index (χ2v) is 9.93. The predicted octanol–water partition coefficient (Wildman–Crippen LogP) is 3.86. The molecule has 0 amide bonds. The maximum Gasteiger partial charge on any atom is 0.304 e. The number of halogens is 1. The Labute approximate surface area is 181 Å². The number of hydrogen-bond acceptors (Lipinski definition) is 7. The van der Waals surface area contributed by atoms with Crippen molar-refractivity contribution < 1.29 is 23.1 Å². The lowest BCUT2D eigenvalue weighted by atomic mass is 9.90. The lowest BCUT2D eigenvalue weighted by Gasteiger charge is -2.16. The van der Waals surface area contributed by atoms with Gasteiger partial charge in [-0.2, -0.15) is 0 Å². The molecule has 0 radical (unpaired) electrons. The first kappa shape index (κ1) is 20.5. The molecule has 154 valence electrons. The van der Waals surface area contributed by atoms with E-state index in [0.29, 0.717) is 11.3 Å². The van der Waals surface area contributed by atoms with E-state index >= 15 is 0 Å². The molecule has 10 heteroatoms. The molecule has 0 spiro atoms. The molecule has 2 unspecified atom stereocenters. The van der Waals surface area contributed by atoms with Gasteiger partial charge in [0.15, 0.2) is 5.01 Å². The van der Waals surface area contributed by atoms with E-state index in [1.807, 2.05) is 0 Å². The third-order valence-corrected chi connectivity index (χ3v) is 7.93. The van der Waals surface area contributed by atoms with Crippen molar-refractivity contribution >= 4 is 50.2 Å². The zero-order valence-electron chi connectivity index (χ0n) is 15.3. The Kier molecular flexibility index (Phi) is 5.35. The number of aromatic nitrogens is 1. The van der Waals surface area contributed by atoms with Crippen LogP contribution in [0, 0.1) is 0 Å². The van der Waals surface area contributed by atoms with Crippen LogP contribution in [0.25, 0.3) is 0 Å². The van der Waals surface area contributed by atoms with Gasteiger partial charge in [-0.15, -0.1) is 11.3 Å². The molecule has 2 N–H and O–H groups in total. The van der Waals surface area contributed by atoms with E-state index in [2.05, 4.69) is 10.3 Å². The molecule has 30 heavy (non-hydrogen) atoms. The molecule has 3 aromatic rings. The average Bonchev–Trinajstić information content (AvgIpc) is 3.36.